The molecule has 1 atom stereocenters. The van der Waals surface area contributed by atoms with Crippen molar-refractivity contribution in [2.75, 3.05) is 0 Å². The van der Waals surface area contributed by atoms with Gasteiger partial charge in [-0.25, -0.2) is 0 Å². The summed E-state index contributed by atoms with van der Waals surface area (Å²) in [6.07, 6.45) is -0.0600. The van der Waals surface area contributed by atoms with Crippen LogP contribution in [-0.2, 0) is 4.84 Å². The summed E-state index contributed by atoms with van der Waals surface area (Å²) in [5.41, 5.74) is 5.05. The Labute approximate surface area is 126 Å². The summed E-state index contributed by atoms with van der Waals surface area (Å²) in [6, 6.07) is 17.7. The highest BCUT2D eigenvalue weighted by Crippen LogP contribution is 2.34. The average Bonchev–Trinajstić information content (AvgIpc) is 2.81. The van der Waals surface area contributed by atoms with Crippen LogP contribution in [0.4, 0.5) is 0 Å². The number of hydrogen-bond donors (Lipinski definition) is 1. The Kier molecular flexibility index (Phi) is 3.76. The standard InChI is InChI=1S/C16H14BrNO2/c1-11-15(20-18-16(11)17)12-7-9-14(10-8-12)19-13-5-3-2-4-6-13/h2-10,15,18H,1H3/t15-/m1/s1. The van der Waals surface area contributed by atoms with Gasteiger partial charge in [-0.05, 0) is 58.3 Å². The molecule has 20 heavy (non-hydrogen) atoms. The van der Waals surface area contributed by atoms with Crippen LogP contribution in [0.15, 0.2) is 64.8 Å². The molecule has 1 aliphatic heterocycles. The molecule has 1 aliphatic rings. The van der Waals surface area contributed by atoms with Gasteiger partial charge in [0.25, 0.3) is 0 Å². The largest absolute Gasteiger partial charge is 0.457 e. The second kappa shape index (κ2) is 5.69. The molecule has 4 heteroatoms. The number of rotatable bonds is 3. The van der Waals surface area contributed by atoms with Gasteiger partial charge < -0.3 is 4.74 Å². The van der Waals surface area contributed by atoms with Gasteiger partial charge in [0.2, 0.25) is 0 Å². The number of benzene rings is 2. The van der Waals surface area contributed by atoms with Gasteiger partial charge in [0.15, 0.2) is 0 Å². The Morgan fingerprint density at radius 2 is 1.65 bits per heavy atom. The Morgan fingerprint density at radius 1 is 1.00 bits per heavy atom. The first-order valence-electron chi connectivity index (χ1n) is 6.35. The van der Waals surface area contributed by atoms with E-state index in [-0.39, 0.29) is 6.10 Å². The molecule has 3 rings (SSSR count). The van der Waals surface area contributed by atoms with Gasteiger partial charge in [0.1, 0.15) is 22.2 Å². The van der Waals surface area contributed by atoms with Crippen LogP contribution in [0.1, 0.15) is 18.6 Å². The molecule has 1 heterocycles. The molecule has 0 fully saturated rings. The third kappa shape index (κ3) is 2.71. The molecule has 0 aromatic heterocycles. The second-order valence-electron chi connectivity index (χ2n) is 4.58. The van der Waals surface area contributed by atoms with E-state index in [0.29, 0.717) is 0 Å². The summed E-state index contributed by atoms with van der Waals surface area (Å²) < 4.78 is 6.66. The van der Waals surface area contributed by atoms with E-state index in [1.165, 1.54) is 0 Å². The van der Waals surface area contributed by atoms with Crippen molar-refractivity contribution in [3.8, 4) is 11.5 Å². The van der Waals surface area contributed by atoms with Crippen LogP contribution in [0.25, 0.3) is 0 Å². The van der Waals surface area contributed by atoms with Gasteiger partial charge in [-0.3, -0.25) is 10.3 Å². The summed E-state index contributed by atoms with van der Waals surface area (Å²) in [7, 11) is 0. The minimum atomic E-state index is -0.0600. The molecule has 0 saturated carbocycles. The van der Waals surface area contributed by atoms with Crippen molar-refractivity contribution in [3.05, 3.63) is 70.3 Å². The summed E-state index contributed by atoms with van der Waals surface area (Å²) >= 11 is 3.42. The van der Waals surface area contributed by atoms with Crippen molar-refractivity contribution in [2.24, 2.45) is 0 Å². The third-order valence-electron chi connectivity index (χ3n) is 3.17. The second-order valence-corrected chi connectivity index (χ2v) is 5.37. The molecule has 0 unspecified atom stereocenters. The average molecular weight is 332 g/mol. The number of para-hydroxylation sites is 1. The maximum Gasteiger partial charge on any atom is 0.134 e. The highest BCUT2D eigenvalue weighted by molar-refractivity contribution is 9.11. The molecule has 0 spiro atoms. The number of hydrogen-bond acceptors (Lipinski definition) is 3. The highest BCUT2D eigenvalue weighted by Gasteiger charge is 2.23. The van der Waals surface area contributed by atoms with E-state index in [1.807, 2.05) is 61.5 Å². The molecule has 1 N–H and O–H groups in total. The van der Waals surface area contributed by atoms with Gasteiger partial charge in [0.05, 0.1) is 0 Å². The van der Waals surface area contributed by atoms with Crippen LogP contribution in [0.5, 0.6) is 11.5 Å². The number of halogens is 1. The number of ether oxygens (including phenoxy) is 1. The van der Waals surface area contributed by atoms with Crippen LogP contribution >= 0.6 is 15.9 Å². The lowest BCUT2D eigenvalue weighted by atomic mass is 10.0. The zero-order valence-electron chi connectivity index (χ0n) is 11.0. The topological polar surface area (TPSA) is 30.5 Å². The summed E-state index contributed by atoms with van der Waals surface area (Å²) in [6.45, 7) is 2.03. The van der Waals surface area contributed by atoms with Gasteiger partial charge in [-0.1, -0.05) is 30.3 Å². The van der Waals surface area contributed by atoms with Gasteiger partial charge >= 0.3 is 0 Å². The maximum absolute atomic E-state index is 5.77. The quantitative estimate of drug-likeness (QED) is 0.828. The molecule has 0 saturated heterocycles. The Balaban J connectivity index is 1.75. The van der Waals surface area contributed by atoms with Crippen molar-refractivity contribution in [1.82, 2.24) is 5.48 Å². The van der Waals surface area contributed by atoms with E-state index in [1.54, 1.807) is 0 Å². The van der Waals surface area contributed by atoms with Crippen LogP contribution < -0.4 is 10.2 Å². The molecule has 0 radical (unpaired) electrons. The minimum absolute atomic E-state index is 0.0600. The van der Waals surface area contributed by atoms with Crippen molar-refractivity contribution in [2.45, 2.75) is 13.0 Å². The van der Waals surface area contributed by atoms with E-state index < -0.39 is 0 Å². The lowest BCUT2D eigenvalue weighted by Gasteiger charge is -2.12. The first-order chi connectivity index (χ1) is 9.74. The van der Waals surface area contributed by atoms with Crippen molar-refractivity contribution < 1.29 is 9.57 Å². The monoisotopic (exact) mass is 331 g/mol. The molecule has 2 aromatic rings. The van der Waals surface area contributed by atoms with Crippen LogP contribution in [0.3, 0.4) is 0 Å². The summed E-state index contributed by atoms with van der Waals surface area (Å²) in [4.78, 5) is 5.51. The molecular formula is C16H14BrNO2. The lowest BCUT2D eigenvalue weighted by molar-refractivity contribution is 0.0416. The Hall–Kier alpha value is -1.78. The molecule has 102 valence electrons. The van der Waals surface area contributed by atoms with Crippen LogP contribution in [0.2, 0.25) is 0 Å². The Morgan fingerprint density at radius 3 is 2.25 bits per heavy atom. The summed E-state index contributed by atoms with van der Waals surface area (Å²) in [5.74, 6) is 1.64. The molecule has 0 bridgehead atoms. The predicted octanol–water partition coefficient (Wildman–Crippen LogP) is 4.68. The van der Waals surface area contributed by atoms with E-state index in [4.69, 9.17) is 9.57 Å². The van der Waals surface area contributed by atoms with Gasteiger partial charge in [0, 0.05) is 0 Å². The van der Waals surface area contributed by atoms with Crippen molar-refractivity contribution in [3.63, 3.8) is 0 Å². The van der Waals surface area contributed by atoms with Gasteiger partial charge in [-0.15, -0.1) is 0 Å². The first-order valence-corrected chi connectivity index (χ1v) is 7.14. The Bertz CT molecular complexity index is 623. The molecule has 3 nitrogen and oxygen atoms in total. The third-order valence-corrected chi connectivity index (χ3v) is 3.95. The first kappa shape index (κ1) is 13.2. The molecule has 0 amide bonds. The van der Waals surface area contributed by atoms with Crippen LogP contribution in [0, 0.1) is 0 Å². The fourth-order valence-electron chi connectivity index (χ4n) is 2.05. The van der Waals surface area contributed by atoms with E-state index >= 15 is 0 Å². The van der Waals surface area contributed by atoms with E-state index in [0.717, 1.165) is 27.2 Å². The predicted molar refractivity (Wildman–Crippen MR) is 81.5 cm³/mol. The SMILES string of the molecule is CC1=C(Br)NO[C@H]1c1ccc(Oc2ccccc2)cc1. The highest BCUT2D eigenvalue weighted by atomic mass is 79.9. The zero-order valence-corrected chi connectivity index (χ0v) is 12.6. The lowest BCUT2D eigenvalue weighted by Crippen LogP contribution is -2.05. The van der Waals surface area contributed by atoms with E-state index in [2.05, 4.69) is 21.4 Å². The minimum Gasteiger partial charge on any atom is -0.457 e. The van der Waals surface area contributed by atoms with Crippen LogP contribution in [-0.4, -0.2) is 0 Å². The molecule has 0 aliphatic carbocycles. The van der Waals surface area contributed by atoms with Crippen molar-refractivity contribution >= 4 is 15.9 Å². The molecular weight excluding hydrogens is 318 g/mol. The van der Waals surface area contributed by atoms with Gasteiger partial charge in [-0.2, -0.15) is 0 Å². The molecule has 2 aromatic carbocycles. The van der Waals surface area contributed by atoms with Crippen molar-refractivity contribution in [1.29, 1.82) is 0 Å². The fourth-order valence-corrected chi connectivity index (χ4v) is 2.35. The fraction of sp³-hybridized carbons (Fsp3) is 0.125. The number of nitrogens with one attached hydrogen (secondary N) is 1. The zero-order chi connectivity index (χ0) is 13.9. The smallest absolute Gasteiger partial charge is 0.134 e. The number of hydroxylamine groups is 1. The van der Waals surface area contributed by atoms with E-state index in [9.17, 15) is 0 Å². The summed E-state index contributed by atoms with van der Waals surface area (Å²) in [5, 5.41) is 0. The maximum atomic E-state index is 5.77. The normalized spacial score (nSPS) is 18.0.